The summed E-state index contributed by atoms with van der Waals surface area (Å²) in [5.74, 6) is 0.507. The van der Waals surface area contributed by atoms with Crippen LogP contribution >= 0.6 is 15.9 Å². The molecule has 6 heteroatoms. The van der Waals surface area contributed by atoms with Gasteiger partial charge >= 0.3 is 0 Å². The van der Waals surface area contributed by atoms with E-state index in [-0.39, 0.29) is 11.9 Å². The van der Waals surface area contributed by atoms with Crippen LogP contribution in [0.25, 0.3) is 5.69 Å². The molecule has 0 aliphatic heterocycles. The number of carbonyl (C=O) groups is 1. The maximum atomic E-state index is 12.4. The lowest BCUT2D eigenvalue weighted by atomic mass is 10.1. The molecule has 0 spiro atoms. The van der Waals surface area contributed by atoms with Crippen LogP contribution in [0.3, 0.4) is 0 Å². The van der Waals surface area contributed by atoms with Gasteiger partial charge in [-0.2, -0.15) is 0 Å². The fourth-order valence-electron chi connectivity index (χ4n) is 2.53. The van der Waals surface area contributed by atoms with Crippen LogP contribution in [-0.2, 0) is 4.79 Å². The first-order valence-electron chi connectivity index (χ1n) is 8.34. The van der Waals surface area contributed by atoms with Crippen molar-refractivity contribution >= 4 is 21.8 Å². The fourth-order valence-corrected chi connectivity index (χ4v) is 2.80. The molecule has 1 heterocycles. The third-order valence-electron chi connectivity index (χ3n) is 4.05. The molecule has 0 aliphatic carbocycles. The van der Waals surface area contributed by atoms with Crippen LogP contribution in [0, 0.1) is 0 Å². The summed E-state index contributed by atoms with van der Waals surface area (Å²) in [5.41, 5.74) is 2.05. The number of nitrogens with one attached hydrogen (secondary N) is 1. The molecule has 1 amide bonds. The SMILES string of the molecule is C[C@@H](Oc1ccc(Br)cc1)C(=O)N[C@H](C)c1ccc(-n2ccnc2)cc1. The molecule has 5 nitrogen and oxygen atoms in total. The van der Waals surface area contributed by atoms with Crippen molar-refractivity contribution in [3.05, 3.63) is 77.3 Å². The van der Waals surface area contributed by atoms with Gasteiger partial charge < -0.3 is 14.6 Å². The van der Waals surface area contributed by atoms with Crippen molar-refractivity contribution < 1.29 is 9.53 Å². The van der Waals surface area contributed by atoms with Crippen LogP contribution in [0.2, 0.25) is 0 Å². The lowest BCUT2D eigenvalue weighted by Gasteiger charge is -2.19. The summed E-state index contributed by atoms with van der Waals surface area (Å²) in [6, 6.07) is 15.3. The molecule has 2 atom stereocenters. The maximum Gasteiger partial charge on any atom is 0.261 e. The Morgan fingerprint density at radius 3 is 2.42 bits per heavy atom. The molecule has 0 saturated heterocycles. The van der Waals surface area contributed by atoms with Crippen LogP contribution in [-0.4, -0.2) is 21.6 Å². The van der Waals surface area contributed by atoms with Gasteiger partial charge in [-0.1, -0.05) is 28.1 Å². The maximum absolute atomic E-state index is 12.4. The minimum atomic E-state index is -0.580. The molecular weight excluding hydrogens is 394 g/mol. The van der Waals surface area contributed by atoms with Gasteiger partial charge in [0.1, 0.15) is 5.75 Å². The lowest BCUT2D eigenvalue weighted by molar-refractivity contribution is -0.127. The van der Waals surface area contributed by atoms with Gasteiger partial charge in [-0.3, -0.25) is 4.79 Å². The molecule has 3 rings (SSSR count). The van der Waals surface area contributed by atoms with Crippen LogP contribution in [0.4, 0.5) is 0 Å². The smallest absolute Gasteiger partial charge is 0.261 e. The van der Waals surface area contributed by atoms with E-state index < -0.39 is 6.10 Å². The first-order valence-corrected chi connectivity index (χ1v) is 9.13. The Kier molecular flexibility index (Phi) is 5.73. The average molecular weight is 414 g/mol. The zero-order valence-electron chi connectivity index (χ0n) is 14.6. The third-order valence-corrected chi connectivity index (χ3v) is 4.58. The number of hydrogen-bond donors (Lipinski definition) is 1. The number of halogens is 1. The van der Waals surface area contributed by atoms with Gasteiger partial charge in [0.15, 0.2) is 6.10 Å². The number of amides is 1. The summed E-state index contributed by atoms with van der Waals surface area (Å²) in [6.07, 6.45) is 4.80. The summed E-state index contributed by atoms with van der Waals surface area (Å²) in [6.45, 7) is 3.70. The van der Waals surface area contributed by atoms with Crippen molar-refractivity contribution in [1.29, 1.82) is 0 Å². The van der Waals surface area contributed by atoms with Crippen LogP contribution in [0.15, 0.2) is 71.7 Å². The average Bonchev–Trinajstić information content (AvgIpc) is 3.18. The summed E-state index contributed by atoms with van der Waals surface area (Å²) in [4.78, 5) is 16.4. The van der Waals surface area contributed by atoms with E-state index in [0.717, 1.165) is 15.7 Å². The van der Waals surface area contributed by atoms with Gasteiger partial charge in [0.2, 0.25) is 0 Å². The molecule has 1 N–H and O–H groups in total. The third kappa shape index (κ3) is 4.52. The normalized spacial score (nSPS) is 13.0. The fraction of sp³-hybridized carbons (Fsp3) is 0.200. The number of nitrogens with zero attached hydrogens (tertiary/aromatic N) is 2. The van der Waals surface area contributed by atoms with Gasteiger partial charge in [-0.15, -0.1) is 0 Å². The quantitative estimate of drug-likeness (QED) is 0.655. The number of rotatable bonds is 6. The van der Waals surface area contributed by atoms with Crippen molar-refractivity contribution in [2.24, 2.45) is 0 Å². The number of ether oxygens (including phenoxy) is 1. The van der Waals surface area contributed by atoms with Gasteiger partial charge in [0.25, 0.3) is 5.91 Å². The Labute approximate surface area is 161 Å². The van der Waals surface area contributed by atoms with E-state index >= 15 is 0 Å². The first kappa shape index (κ1) is 18.2. The van der Waals surface area contributed by atoms with E-state index in [2.05, 4.69) is 26.2 Å². The molecule has 0 aliphatic rings. The molecule has 0 radical (unpaired) electrons. The molecule has 0 fully saturated rings. The highest BCUT2D eigenvalue weighted by molar-refractivity contribution is 9.10. The van der Waals surface area contributed by atoms with E-state index in [0.29, 0.717) is 5.75 Å². The van der Waals surface area contributed by atoms with Gasteiger partial charge in [0, 0.05) is 22.6 Å². The van der Waals surface area contributed by atoms with Crippen LogP contribution < -0.4 is 10.1 Å². The summed E-state index contributed by atoms with van der Waals surface area (Å²) >= 11 is 3.38. The van der Waals surface area contributed by atoms with Gasteiger partial charge in [0.05, 0.1) is 12.4 Å². The monoisotopic (exact) mass is 413 g/mol. The summed E-state index contributed by atoms with van der Waals surface area (Å²) in [7, 11) is 0. The second kappa shape index (κ2) is 8.19. The van der Waals surface area contributed by atoms with Crippen molar-refractivity contribution in [2.75, 3.05) is 0 Å². The minimum absolute atomic E-state index is 0.115. The van der Waals surface area contributed by atoms with Crippen LogP contribution in [0.1, 0.15) is 25.5 Å². The van der Waals surface area contributed by atoms with Crippen molar-refractivity contribution in [2.45, 2.75) is 26.0 Å². The first-order chi connectivity index (χ1) is 12.5. The highest BCUT2D eigenvalue weighted by atomic mass is 79.9. The van der Waals surface area contributed by atoms with Crippen molar-refractivity contribution in [1.82, 2.24) is 14.9 Å². The molecule has 134 valence electrons. The van der Waals surface area contributed by atoms with Crippen molar-refractivity contribution in [3.63, 3.8) is 0 Å². The largest absolute Gasteiger partial charge is 0.481 e. The predicted octanol–water partition coefficient (Wildman–Crippen LogP) is 4.28. The molecule has 0 bridgehead atoms. The molecule has 0 saturated carbocycles. The second-order valence-corrected chi connectivity index (χ2v) is 6.92. The molecule has 26 heavy (non-hydrogen) atoms. The molecule has 1 aromatic heterocycles. The minimum Gasteiger partial charge on any atom is -0.481 e. The highest BCUT2D eigenvalue weighted by Gasteiger charge is 2.17. The Morgan fingerprint density at radius 1 is 1.12 bits per heavy atom. The molecule has 0 unspecified atom stereocenters. The number of hydrogen-bond acceptors (Lipinski definition) is 3. The summed E-state index contributed by atoms with van der Waals surface area (Å²) < 4.78 is 8.59. The van der Waals surface area contributed by atoms with Gasteiger partial charge in [-0.05, 0) is 55.8 Å². The highest BCUT2D eigenvalue weighted by Crippen LogP contribution is 2.19. The lowest BCUT2D eigenvalue weighted by Crippen LogP contribution is -2.37. The number of imidazole rings is 1. The zero-order chi connectivity index (χ0) is 18.5. The zero-order valence-corrected chi connectivity index (χ0v) is 16.2. The topological polar surface area (TPSA) is 56.1 Å². The number of aromatic nitrogens is 2. The standard InChI is InChI=1S/C20H20BrN3O2/c1-14(16-3-7-18(8-4-16)24-12-11-22-13-24)23-20(25)15(2)26-19-9-5-17(21)6-10-19/h3-15H,1-2H3,(H,23,25)/t14-,15-/m1/s1. The van der Waals surface area contributed by atoms with E-state index in [1.54, 1.807) is 19.4 Å². The molecule has 2 aromatic carbocycles. The van der Waals surface area contributed by atoms with E-state index in [1.165, 1.54) is 0 Å². The molecule has 3 aromatic rings. The second-order valence-electron chi connectivity index (χ2n) is 6.01. The Bertz CT molecular complexity index is 846. The van der Waals surface area contributed by atoms with Crippen molar-refractivity contribution in [3.8, 4) is 11.4 Å². The Morgan fingerprint density at radius 2 is 1.81 bits per heavy atom. The number of carbonyl (C=O) groups excluding carboxylic acids is 1. The van der Waals surface area contributed by atoms with E-state index in [9.17, 15) is 4.79 Å². The predicted molar refractivity (Wildman–Crippen MR) is 104 cm³/mol. The Balaban J connectivity index is 1.58. The molecular formula is C20H20BrN3O2. The van der Waals surface area contributed by atoms with Gasteiger partial charge in [-0.25, -0.2) is 4.98 Å². The van der Waals surface area contributed by atoms with E-state index in [4.69, 9.17) is 4.74 Å². The summed E-state index contributed by atoms with van der Waals surface area (Å²) in [5, 5.41) is 2.99. The number of benzene rings is 2. The Hall–Kier alpha value is -2.60. The van der Waals surface area contributed by atoms with Crippen LogP contribution in [0.5, 0.6) is 5.75 Å². The van der Waals surface area contributed by atoms with E-state index in [1.807, 2.05) is 66.2 Å².